The molecule has 0 aliphatic rings. The zero-order valence-electron chi connectivity index (χ0n) is 9.25. The Morgan fingerprint density at radius 2 is 1.87 bits per heavy atom. The van der Waals surface area contributed by atoms with Gasteiger partial charge < -0.3 is 9.84 Å². The van der Waals surface area contributed by atoms with Gasteiger partial charge in [-0.05, 0) is 19.8 Å². The van der Waals surface area contributed by atoms with Crippen LogP contribution in [0.1, 0.15) is 33.6 Å². The van der Waals surface area contributed by atoms with Crippen LogP contribution in [0.25, 0.3) is 0 Å². The summed E-state index contributed by atoms with van der Waals surface area (Å²) in [5.74, 6) is -1.76. The summed E-state index contributed by atoms with van der Waals surface area (Å²) in [6, 6.07) is 0. The van der Waals surface area contributed by atoms with Crippen molar-refractivity contribution in [3.8, 4) is 0 Å². The number of hydrogen-bond donors (Lipinski definition) is 1. The maximum absolute atomic E-state index is 11.6. The summed E-state index contributed by atoms with van der Waals surface area (Å²) in [5.41, 5.74) is -1.39. The molecule has 4 nitrogen and oxygen atoms in total. The number of carbonyl (C=O) groups is 2. The Kier molecular flexibility index (Phi) is 5.87. The number of carboxylic acids is 1. The van der Waals surface area contributed by atoms with E-state index in [1.807, 2.05) is 6.92 Å². The normalized spacial score (nSPS) is 13.3. The SMILES string of the molecule is CCC(CC)(C(=O)O)C(=O)OCC(C)Br. The molecule has 0 rings (SSSR count). The molecule has 0 amide bonds. The van der Waals surface area contributed by atoms with Gasteiger partial charge in [0.05, 0.1) is 0 Å². The molecule has 0 aliphatic carbocycles. The molecule has 0 aromatic carbocycles. The zero-order chi connectivity index (χ0) is 12.1. The van der Waals surface area contributed by atoms with Crippen molar-refractivity contribution in [3.63, 3.8) is 0 Å². The van der Waals surface area contributed by atoms with Crippen LogP contribution in [0, 0.1) is 5.41 Å². The van der Waals surface area contributed by atoms with Crippen LogP contribution in [-0.2, 0) is 14.3 Å². The van der Waals surface area contributed by atoms with E-state index in [2.05, 4.69) is 15.9 Å². The Morgan fingerprint density at radius 1 is 1.40 bits per heavy atom. The number of rotatable bonds is 6. The van der Waals surface area contributed by atoms with Gasteiger partial charge >= 0.3 is 11.9 Å². The zero-order valence-corrected chi connectivity index (χ0v) is 10.8. The van der Waals surface area contributed by atoms with Crippen molar-refractivity contribution < 1.29 is 19.4 Å². The molecule has 0 radical (unpaired) electrons. The highest BCUT2D eigenvalue weighted by molar-refractivity contribution is 9.09. The highest BCUT2D eigenvalue weighted by Crippen LogP contribution is 2.28. The van der Waals surface area contributed by atoms with Gasteiger partial charge in [0.1, 0.15) is 6.61 Å². The molecule has 0 saturated carbocycles. The molecule has 15 heavy (non-hydrogen) atoms. The van der Waals surface area contributed by atoms with Crippen LogP contribution >= 0.6 is 15.9 Å². The van der Waals surface area contributed by atoms with Crippen molar-refractivity contribution in [3.05, 3.63) is 0 Å². The summed E-state index contributed by atoms with van der Waals surface area (Å²) < 4.78 is 4.95. The largest absolute Gasteiger partial charge is 0.480 e. The molecule has 0 saturated heterocycles. The first-order valence-electron chi connectivity index (χ1n) is 4.95. The second-order valence-corrected chi connectivity index (χ2v) is 5.04. The van der Waals surface area contributed by atoms with Crippen LogP contribution in [0.5, 0.6) is 0 Å². The van der Waals surface area contributed by atoms with E-state index < -0.39 is 17.4 Å². The number of alkyl halides is 1. The quantitative estimate of drug-likeness (QED) is 0.460. The lowest BCUT2D eigenvalue weighted by atomic mass is 9.82. The summed E-state index contributed by atoms with van der Waals surface area (Å²) in [5, 5.41) is 9.05. The van der Waals surface area contributed by atoms with Gasteiger partial charge in [-0.2, -0.15) is 0 Å². The summed E-state index contributed by atoms with van der Waals surface area (Å²) in [7, 11) is 0. The highest BCUT2D eigenvalue weighted by Gasteiger charge is 2.44. The number of halogens is 1. The van der Waals surface area contributed by atoms with Crippen LogP contribution in [-0.4, -0.2) is 28.5 Å². The molecular formula is C10H17BrO4. The fourth-order valence-electron chi connectivity index (χ4n) is 1.26. The Morgan fingerprint density at radius 3 is 2.13 bits per heavy atom. The maximum atomic E-state index is 11.6. The summed E-state index contributed by atoms with van der Waals surface area (Å²) in [4.78, 5) is 22.7. The predicted octanol–water partition coefficient (Wildman–Crippen LogP) is 2.20. The van der Waals surface area contributed by atoms with E-state index in [1.54, 1.807) is 13.8 Å². The van der Waals surface area contributed by atoms with Crippen LogP contribution in [0.2, 0.25) is 0 Å². The van der Waals surface area contributed by atoms with Crippen molar-refractivity contribution in [2.45, 2.75) is 38.4 Å². The third-order valence-electron chi connectivity index (χ3n) is 2.45. The number of carbonyl (C=O) groups excluding carboxylic acids is 1. The lowest BCUT2D eigenvalue weighted by molar-refractivity contribution is -0.169. The Labute approximate surface area is 98.1 Å². The van der Waals surface area contributed by atoms with Crippen LogP contribution < -0.4 is 0 Å². The fraction of sp³-hybridized carbons (Fsp3) is 0.800. The number of esters is 1. The molecular weight excluding hydrogens is 264 g/mol. The molecule has 0 bridgehead atoms. The van der Waals surface area contributed by atoms with Crippen LogP contribution in [0.3, 0.4) is 0 Å². The lowest BCUT2D eigenvalue weighted by Gasteiger charge is -2.24. The standard InChI is InChI=1S/C10H17BrO4/c1-4-10(5-2,8(12)13)9(14)15-6-7(3)11/h7H,4-6H2,1-3H3,(H,12,13). The minimum Gasteiger partial charge on any atom is -0.480 e. The fourth-order valence-corrected chi connectivity index (χ4v) is 1.39. The molecule has 0 spiro atoms. The average molecular weight is 281 g/mol. The summed E-state index contributed by atoms with van der Waals surface area (Å²) in [6.45, 7) is 5.37. The van der Waals surface area contributed by atoms with Crippen molar-refractivity contribution in [2.24, 2.45) is 5.41 Å². The monoisotopic (exact) mass is 280 g/mol. The van der Waals surface area contributed by atoms with Crippen molar-refractivity contribution in [2.75, 3.05) is 6.61 Å². The van der Waals surface area contributed by atoms with E-state index in [0.717, 1.165) is 0 Å². The molecule has 0 fully saturated rings. The Balaban J connectivity index is 4.63. The van der Waals surface area contributed by atoms with Gasteiger partial charge in [0.2, 0.25) is 0 Å². The van der Waals surface area contributed by atoms with Gasteiger partial charge in [0, 0.05) is 4.83 Å². The van der Waals surface area contributed by atoms with Gasteiger partial charge in [-0.1, -0.05) is 29.8 Å². The summed E-state index contributed by atoms with van der Waals surface area (Å²) >= 11 is 3.23. The van der Waals surface area contributed by atoms with Crippen LogP contribution in [0.15, 0.2) is 0 Å². The number of hydrogen-bond acceptors (Lipinski definition) is 3. The number of aliphatic carboxylic acids is 1. The third-order valence-corrected chi connectivity index (χ3v) is 2.72. The average Bonchev–Trinajstić information content (AvgIpc) is 2.17. The van der Waals surface area contributed by atoms with Crippen molar-refractivity contribution in [1.82, 2.24) is 0 Å². The van der Waals surface area contributed by atoms with Gasteiger partial charge in [-0.15, -0.1) is 0 Å². The van der Waals surface area contributed by atoms with Crippen LogP contribution in [0.4, 0.5) is 0 Å². The van der Waals surface area contributed by atoms with E-state index in [0.29, 0.717) is 0 Å². The number of ether oxygens (including phenoxy) is 1. The Bertz CT molecular complexity index is 234. The first kappa shape index (κ1) is 14.4. The van der Waals surface area contributed by atoms with E-state index in [4.69, 9.17) is 9.84 Å². The van der Waals surface area contributed by atoms with E-state index in [1.165, 1.54) is 0 Å². The topological polar surface area (TPSA) is 63.6 Å². The molecule has 0 aliphatic heterocycles. The van der Waals surface area contributed by atoms with E-state index in [9.17, 15) is 9.59 Å². The molecule has 1 N–H and O–H groups in total. The lowest BCUT2D eigenvalue weighted by Crippen LogP contribution is -2.40. The first-order valence-corrected chi connectivity index (χ1v) is 5.87. The molecule has 5 heteroatoms. The third kappa shape index (κ3) is 3.48. The minimum atomic E-state index is -1.39. The second-order valence-electron chi connectivity index (χ2n) is 3.47. The minimum absolute atomic E-state index is 0.0293. The molecule has 0 aromatic rings. The molecule has 0 aromatic heterocycles. The van der Waals surface area contributed by atoms with E-state index in [-0.39, 0.29) is 24.3 Å². The molecule has 1 unspecified atom stereocenters. The first-order chi connectivity index (χ1) is 6.90. The second kappa shape index (κ2) is 6.10. The van der Waals surface area contributed by atoms with Crippen molar-refractivity contribution >= 4 is 27.9 Å². The predicted molar refractivity (Wildman–Crippen MR) is 60.0 cm³/mol. The smallest absolute Gasteiger partial charge is 0.323 e. The summed E-state index contributed by atoms with van der Waals surface area (Å²) in [6.07, 6.45) is 0.489. The highest BCUT2D eigenvalue weighted by atomic mass is 79.9. The van der Waals surface area contributed by atoms with Crippen molar-refractivity contribution in [1.29, 1.82) is 0 Å². The van der Waals surface area contributed by atoms with Gasteiger partial charge in [0.25, 0.3) is 0 Å². The molecule has 1 atom stereocenters. The van der Waals surface area contributed by atoms with Gasteiger partial charge in [-0.3, -0.25) is 9.59 Å². The number of carboxylic acid groups (broad SMARTS) is 1. The van der Waals surface area contributed by atoms with E-state index >= 15 is 0 Å². The van der Waals surface area contributed by atoms with Gasteiger partial charge in [0.15, 0.2) is 5.41 Å². The maximum Gasteiger partial charge on any atom is 0.323 e. The Hall–Kier alpha value is -0.580. The van der Waals surface area contributed by atoms with Gasteiger partial charge in [-0.25, -0.2) is 0 Å². The molecule has 88 valence electrons. The molecule has 0 heterocycles.